The third kappa shape index (κ3) is 2.95. The highest BCUT2D eigenvalue weighted by atomic mass is 32.2. The molecule has 0 amide bonds. The fourth-order valence-corrected chi connectivity index (χ4v) is 3.44. The van der Waals surface area contributed by atoms with E-state index in [1.54, 1.807) is 30.3 Å². The van der Waals surface area contributed by atoms with Crippen molar-refractivity contribution in [1.82, 2.24) is 0 Å². The smallest absolute Gasteiger partial charge is 0.335 e. The first-order valence-electron chi connectivity index (χ1n) is 6.15. The maximum absolute atomic E-state index is 13.9. The molecule has 0 heterocycles. The first kappa shape index (κ1) is 15.2. The Labute approximate surface area is 121 Å². The average molecular weight is 308 g/mol. The topological polar surface area (TPSA) is 71.4 Å². The number of carboxylic acids is 1. The maximum Gasteiger partial charge on any atom is 0.335 e. The second-order valence-corrected chi connectivity index (χ2v) is 6.79. The molecule has 2 aromatic carbocycles. The highest BCUT2D eigenvalue weighted by Crippen LogP contribution is 2.30. The molecule has 4 nitrogen and oxygen atoms in total. The lowest BCUT2D eigenvalue weighted by Gasteiger charge is -2.14. The highest BCUT2D eigenvalue weighted by Gasteiger charge is 2.28. The molecule has 1 N–H and O–H groups in total. The molecule has 0 spiro atoms. The zero-order valence-corrected chi connectivity index (χ0v) is 12.0. The number of carbonyl (C=O) groups is 1. The van der Waals surface area contributed by atoms with Gasteiger partial charge in [-0.25, -0.2) is 17.6 Å². The van der Waals surface area contributed by atoms with Crippen molar-refractivity contribution in [2.45, 2.75) is 17.1 Å². The molecule has 1 atom stereocenters. The van der Waals surface area contributed by atoms with Gasteiger partial charge in [0.05, 0.1) is 10.8 Å². The van der Waals surface area contributed by atoms with E-state index in [1.165, 1.54) is 6.92 Å². The van der Waals surface area contributed by atoms with Crippen LogP contribution in [0.3, 0.4) is 0 Å². The van der Waals surface area contributed by atoms with Gasteiger partial charge in [-0.2, -0.15) is 0 Å². The van der Waals surface area contributed by atoms with Crippen LogP contribution in [-0.2, 0) is 9.84 Å². The molecule has 0 saturated heterocycles. The van der Waals surface area contributed by atoms with Crippen LogP contribution in [0.2, 0.25) is 0 Å². The van der Waals surface area contributed by atoms with Crippen molar-refractivity contribution >= 4 is 15.8 Å². The number of halogens is 1. The van der Waals surface area contributed by atoms with E-state index >= 15 is 0 Å². The summed E-state index contributed by atoms with van der Waals surface area (Å²) in [5.41, 5.74) is 0.248. The molecule has 110 valence electrons. The zero-order chi connectivity index (χ0) is 15.6. The maximum atomic E-state index is 13.9. The summed E-state index contributed by atoms with van der Waals surface area (Å²) in [4.78, 5) is 10.3. The van der Waals surface area contributed by atoms with Gasteiger partial charge in [-0.3, -0.25) is 0 Å². The number of hydrogen-bond donors (Lipinski definition) is 1. The summed E-state index contributed by atoms with van der Waals surface area (Å²) >= 11 is 0. The van der Waals surface area contributed by atoms with Gasteiger partial charge < -0.3 is 5.11 Å². The van der Waals surface area contributed by atoms with Crippen LogP contribution in [0.5, 0.6) is 0 Å². The monoisotopic (exact) mass is 308 g/mol. The van der Waals surface area contributed by atoms with Crippen molar-refractivity contribution in [3.05, 3.63) is 65.5 Å². The highest BCUT2D eigenvalue weighted by molar-refractivity contribution is 7.91. The number of benzene rings is 2. The minimum atomic E-state index is -3.93. The predicted molar refractivity (Wildman–Crippen MR) is 75.4 cm³/mol. The summed E-state index contributed by atoms with van der Waals surface area (Å²) in [7, 11) is -3.93. The molecular weight excluding hydrogens is 295 g/mol. The van der Waals surface area contributed by atoms with Crippen LogP contribution in [0.25, 0.3) is 0 Å². The van der Waals surface area contributed by atoms with Crippen molar-refractivity contribution in [3.8, 4) is 0 Å². The molecule has 2 aromatic rings. The summed E-state index contributed by atoms with van der Waals surface area (Å²) in [6, 6.07) is 11.2. The quantitative estimate of drug-likeness (QED) is 0.942. The van der Waals surface area contributed by atoms with E-state index in [2.05, 4.69) is 0 Å². The Morgan fingerprint density at radius 3 is 2.29 bits per heavy atom. The van der Waals surface area contributed by atoms with Crippen LogP contribution >= 0.6 is 0 Å². The lowest BCUT2D eigenvalue weighted by atomic mass is 10.2. The van der Waals surface area contributed by atoms with E-state index in [9.17, 15) is 17.6 Å². The first-order valence-corrected chi connectivity index (χ1v) is 7.70. The van der Waals surface area contributed by atoms with Crippen molar-refractivity contribution in [2.75, 3.05) is 0 Å². The third-order valence-corrected chi connectivity index (χ3v) is 5.37. The fourth-order valence-electron chi connectivity index (χ4n) is 1.96. The van der Waals surface area contributed by atoms with Gasteiger partial charge in [-0.15, -0.1) is 0 Å². The molecule has 0 aliphatic carbocycles. The number of carboxylic acid groups (broad SMARTS) is 1. The molecule has 0 bridgehead atoms. The minimum Gasteiger partial charge on any atom is -0.478 e. The van der Waals surface area contributed by atoms with Gasteiger partial charge in [0.15, 0.2) is 9.84 Å². The molecule has 0 saturated carbocycles. The molecule has 0 aliphatic heterocycles. The third-order valence-electron chi connectivity index (χ3n) is 3.22. The number of hydrogen-bond acceptors (Lipinski definition) is 3. The predicted octanol–water partition coefficient (Wildman–Crippen LogP) is 3.06. The Kier molecular flexibility index (Phi) is 4.09. The largest absolute Gasteiger partial charge is 0.478 e. The minimum absolute atomic E-state index is 0.293. The SMILES string of the molecule is CC(c1ccccc1)S(=O)(=O)c1ccc(C(=O)O)cc1F. The summed E-state index contributed by atoms with van der Waals surface area (Å²) in [5.74, 6) is -2.37. The second kappa shape index (κ2) is 5.65. The Morgan fingerprint density at radius 1 is 1.14 bits per heavy atom. The second-order valence-electron chi connectivity index (χ2n) is 4.55. The van der Waals surface area contributed by atoms with E-state index in [-0.39, 0.29) is 5.56 Å². The van der Waals surface area contributed by atoms with Crippen molar-refractivity contribution in [3.63, 3.8) is 0 Å². The number of sulfone groups is 1. The molecule has 0 fully saturated rings. The van der Waals surface area contributed by atoms with Gasteiger partial charge in [0.1, 0.15) is 10.7 Å². The molecule has 0 aromatic heterocycles. The molecule has 2 rings (SSSR count). The lowest BCUT2D eigenvalue weighted by Crippen LogP contribution is -2.13. The van der Waals surface area contributed by atoms with E-state index in [1.807, 2.05) is 0 Å². The van der Waals surface area contributed by atoms with E-state index in [0.717, 1.165) is 12.1 Å². The van der Waals surface area contributed by atoms with Gasteiger partial charge in [-0.1, -0.05) is 30.3 Å². The van der Waals surface area contributed by atoms with Crippen molar-refractivity contribution in [2.24, 2.45) is 0 Å². The Bertz CT molecular complexity index is 770. The Morgan fingerprint density at radius 2 is 1.76 bits per heavy atom. The molecule has 0 aliphatic rings. The van der Waals surface area contributed by atoms with E-state index < -0.39 is 31.8 Å². The lowest BCUT2D eigenvalue weighted by molar-refractivity contribution is 0.0696. The van der Waals surface area contributed by atoms with Crippen LogP contribution in [0.4, 0.5) is 4.39 Å². The average Bonchev–Trinajstić information content (AvgIpc) is 2.46. The van der Waals surface area contributed by atoms with Gasteiger partial charge in [-0.05, 0) is 30.7 Å². The van der Waals surface area contributed by atoms with Crippen LogP contribution in [-0.4, -0.2) is 19.5 Å². The van der Waals surface area contributed by atoms with E-state index in [0.29, 0.717) is 11.6 Å². The van der Waals surface area contributed by atoms with Gasteiger partial charge in [0.2, 0.25) is 0 Å². The summed E-state index contributed by atoms with van der Waals surface area (Å²) < 4.78 is 38.8. The number of rotatable bonds is 4. The first-order chi connectivity index (χ1) is 9.84. The summed E-state index contributed by atoms with van der Waals surface area (Å²) in [6.07, 6.45) is 0. The Balaban J connectivity index is 2.47. The van der Waals surface area contributed by atoms with Crippen LogP contribution in [0, 0.1) is 5.82 Å². The van der Waals surface area contributed by atoms with Gasteiger partial charge in [0.25, 0.3) is 0 Å². The molecule has 1 unspecified atom stereocenters. The van der Waals surface area contributed by atoms with Crippen LogP contribution in [0.1, 0.15) is 28.1 Å². The molecular formula is C15H13FO4S. The molecule has 21 heavy (non-hydrogen) atoms. The number of aromatic carboxylic acids is 1. The molecule has 0 radical (unpaired) electrons. The molecule has 6 heteroatoms. The zero-order valence-electron chi connectivity index (χ0n) is 11.2. The van der Waals surface area contributed by atoms with Crippen LogP contribution < -0.4 is 0 Å². The normalized spacial score (nSPS) is 12.9. The van der Waals surface area contributed by atoms with Crippen molar-refractivity contribution < 1.29 is 22.7 Å². The standard InChI is InChI=1S/C15H13FO4S/c1-10(11-5-3-2-4-6-11)21(19,20)14-8-7-12(15(17)18)9-13(14)16/h2-10H,1H3,(H,17,18). The fraction of sp³-hybridized carbons (Fsp3) is 0.133. The Hall–Kier alpha value is -2.21. The summed E-state index contributed by atoms with van der Waals surface area (Å²) in [5, 5.41) is 7.85. The van der Waals surface area contributed by atoms with Crippen molar-refractivity contribution in [1.29, 1.82) is 0 Å². The van der Waals surface area contributed by atoms with Crippen LogP contribution in [0.15, 0.2) is 53.4 Å². The summed E-state index contributed by atoms with van der Waals surface area (Å²) in [6.45, 7) is 1.47. The van der Waals surface area contributed by atoms with Gasteiger partial charge >= 0.3 is 5.97 Å². The van der Waals surface area contributed by atoms with Gasteiger partial charge in [0, 0.05) is 0 Å². The van der Waals surface area contributed by atoms with E-state index in [4.69, 9.17) is 5.11 Å².